The predicted octanol–water partition coefficient (Wildman–Crippen LogP) is 4.15. The average molecular weight is 429 g/mol. The Morgan fingerprint density at radius 1 is 1.15 bits per heavy atom. The normalized spacial score (nSPS) is 10.3. The molecule has 1 aromatic heterocycles. The van der Waals surface area contributed by atoms with Gasteiger partial charge in [-0.3, -0.25) is 9.69 Å². The first kappa shape index (κ1) is 18.2. The van der Waals surface area contributed by atoms with Crippen molar-refractivity contribution in [3.63, 3.8) is 0 Å². The van der Waals surface area contributed by atoms with Crippen LogP contribution in [0.1, 0.15) is 0 Å². The van der Waals surface area contributed by atoms with Gasteiger partial charge >= 0.3 is 0 Å². The number of benzene rings is 2. The Kier molecular flexibility index (Phi) is 6.04. The molecule has 0 fully saturated rings. The number of rotatable bonds is 6. The lowest BCUT2D eigenvalue weighted by Crippen LogP contribution is -2.32. The topological polar surface area (TPSA) is 83.0 Å². The number of hydrogen-bond acceptors (Lipinski definition) is 6. The molecule has 0 N–H and O–H groups in total. The first-order valence-corrected chi connectivity index (χ1v) is 9.40. The van der Waals surface area contributed by atoms with Gasteiger partial charge in [0.25, 0.3) is 5.22 Å². The summed E-state index contributed by atoms with van der Waals surface area (Å²) in [5.41, 5.74) is 1.48. The first-order valence-electron chi connectivity index (χ1n) is 7.62. The van der Waals surface area contributed by atoms with Crippen molar-refractivity contribution < 1.29 is 9.21 Å². The van der Waals surface area contributed by atoms with E-state index >= 15 is 0 Å². The molecule has 0 aliphatic carbocycles. The molecule has 26 heavy (non-hydrogen) atoms. The van der Waals surface area contributed by atoms with Crippen LogP contribution in [-0.4, -0.2) is 28.4 Å². The zero-order chi connectivity index (χ0) is 18.4. The molecule has 0 radical (unpaired) electrons. The summed E-state index contributed by atoms with van der Waals surface area (Å²) in [7, 11) is 0. The van der Waals surface area contributed by atoms with Crippen molar-refractivity contribution in [2.24, 2.45) is 0 Å². The maximum atomic E-state index is 12.5. The molecule has 3 aromatic rings. The van der Waals surface area contributed by atoms with Crippen molar-refractivity contribution in [1.29, 1.82) is 5.26 Å². The molecule has 6 nitrogen and oxygen atoms in total. The molecule has 8 heteroatoms. The highest BCUT2D eigenvalue weighted by atomic mass is 79.9. The van der Waals surface area contributed by atoms with Crippen molar-refractivity contribution in [3.05, 3.63) is 59.1 Å². The smallest absolute Gasteiger partial charge is 0.277 e. The van der Waals surface area contributed by atoms with Crippen LogP contribution in [0.15, 0.2) is 68.7 Å². The molecular weight excluding hydrogens is 416 g/mol. The number of nitrogens with zero attached hydrogens (tertiary/aromatic N) is 4. The van der Waals surface area contributed by atoms with Gasteiger partial charge < -0.3 is 4.42 Å². The standard InChI is InChI=1S/C18H13BrN4O2S/c19-14-8-6-13(7-9-14)17-21-22-18(25-17)26-12-16(24)23(11-10-20)15-4-2-1-3-5-15/h1-9H,11-12H2. The summed E-state index contributed by atoms with van der Waals surface area (Å²) in [5.74, 6) is 0.286. The molecule has 0 aliphatic heterocycles. The third-order valence-electron chi connectivity index (χ3n) is 3.41. The lowest BCUT2D eigenvalue weighted by Gasteiger charge is -2.18. The molecule has 3 rings (SSSR count). The Morgan fingerprint density at radius 3 is 2.58 bits per heavy atom. The number of nitriles is 1. The number of halogens is 1. The molecule has 130 valence electrons. The highest BCUT2D eigenvalue weighted by Gasteiger charge is 2.17. The second-order valence-electron chi connectivity index (χ2n) is 5.14. The fraction of sp³-hybridized carbons (Fsp3) is 0.111. The summed E-state index contributed by atoms with van der Waals surface area (Å²) in [6, 6.07) is 18.6. The van der Waals surface area contributed by atoms with Crippen molar-refractivity contribution in [2.45, 2.75) is 5.22 Å². The van der Waals surface area contributed by atoms with Gasteiger partial charge in [0.05, 0.1) is 11.8 Å². The van der Waals surface area contributed by atoms with Crippen molar-refractivity contribution in [3.8, 4) is 17.5 Å². The number of carbonyl (C=O) groups is 1. The van der Waals surface area contributed by atoms with E-state index in [1.807, 2.05) is 48.5 Å². The molecule has 0 aliphatic rings. The molecule has 0 bridgehead atoms. The fourth-order valence-electron chi connectivity index (χ4n) is 2.18. The van der Waals surface area contributed by atoms with E-state index in [9.17, 15) is 4.79 Å². The lowest BCUT2D eigenvalue weighted by molar-refractivity contribution is -0.116. The Balaban J connectivity index is 1.65. The van der Waals surface area contributed by atoms with Crippen LogP contribution in [0.5, 0.6) is 0 Å². The largest absolute Gasteiger partial charge is 0.411 e. The maximum Gasteiger partial charge on any atom is 0.277 e. The summed E-state index contributed by atoms with van der Waals surface area (Å²) in [6.07, 6.45) is 0. The van der Waals surface area contributed by atoms with E-state index in [-0.39, 0.29) is 18.2 Å². The van der Waals surface area contributed by atoms with Crippen molar-refractivity contribution in [2.75, 3.05) is 17.2 Å². The van der Waals surface area contributed by atoms with Gasteiger partial charge in [-0.15, -0.1) is 10.2 Å². The van der Waals surface area contributed by atoms with E-state index in [0.29, 0.717) is 16.8 Å². The van der Waals surface area contributed by atoms with Gasteiger partial charge in [0.2, 0.25) is 11.8 Å². The number of amides is 1. The van der Waals surface area contributed by atoms with Crippen LogP contribution in [0, 0.1) is 11.3 Å². The van der Waals surface area contributed by atoms with Gasteiger partial charge in [0.1, 0.15) is 6.54 Å². The SMILES string of the molecule is N#CCN(C(=O)CSc1nnc(-c2ccc(Br)cc2)o1)c1ccccc1. The number of anilines is 1. The summed E-state index contributed by atoms with van der Waals surface area (Å²) in [5, 5.41) is 17.3. The maximum absolute atomic E-state index is 12.5. The summed E-state index contributed by atoms with van der Waals surface area (Å²) < 4.78 is 6.55. The number of carbonyl (C=O) groups excluding carboxylic acids is 1. The van der Waals surface area contributed by atoms with Crippen LogP contribution in [0.2, 0.25) is 0 Å². The molecule has 0 spiro atoms. The summed E-state index contributed by atoms with van der Waals surface area (Å²) in [4.78, 5) is 13.9. The highest BCUT2D eigenvalue weighted by Crippen LogP contribution is 2.25. The van der Waals surface area contributed by atoms with Crippen molar-refractivity contribution in [1.82, 2.24) is 10.2 Å². The first-order chi connectivity index (χ1) is 12.7. The van der Waals surface area contributed by atoms with E-state index in [2.05, 4.69) is 26.1 Å². The Bertz CT molecular complexity index is 922. The molecule has 0 unspecified atom stereocenters. The second-order valence-corrected chi connectivity index (χ2v) is 6.98. The van der Waals surface area contributed by atoms with Gasteiger partial charge in [-0.05, 0) is 36.4 Å². The van der Waals surface area contributed by atoms with Gasteiger partial charge in [-0.1, -0.05) is 45.9 Å². The zero-order valence-electron chi connectivity index (χ0n) is 13.5. The second kappa shape index (κ2) is 8.65. The third kappa shape index (κ3) is 4.50. The fourth-order valence-corrected chi connectivity index (χ4v) is 3.08. The Hall–Kier alpha value is -2.63. The number of hydrogen-bond donors (Lipinski definition) is 0. The van der Waals surface area contributed by atoms with Crippen LogP contribution in [0.25, 0.3) is 11.5 Å². The molecule has 1 heterocycles. The minimum atomic E-state index is -0.203. The number of para-hydroxylation sites is 1. The van der Waals surface area contributed by atoms with E-state index in [0.717, 1.165) is 21.8 Å². The van der Waals surface area contributed by atoms with E-state index in [4.69, 9.17) is 9.68 Å². The number of thioether (sulfide) groups is 1. The molecule has 0 saturated carbocycles. The van der Waals surface area contributed by atoms with Gasteiger partial charge in [0, 0.05) is 15.7 Å². The van der Waals surface area contributed by atoms with E-state index in [1.54, 1.807) is 12.1 Å². The zero-order valence-corrected chi connectivity index (χ0v) is 15.9. The molecule has 0 saturated heterocycles. The summed E-state index contributed by atoms with van der Waals surface area (Å²) >= 11 is 4.52. The molecular formula is C18H13BrN4O2S. The quantitative estimate of drug-likeness (QED) is 0.433. The van der Waals surface area contributed by atoms with E-state index in [1.165, 1.54) is 4.90 Å². The average Bonchev–Trinajstić information content (AvgIpc) is 3.14. The van der Waals surface area contributed by atoms with Crippen LogP contribution < -0.4 is 4.90 Å². The van der Waals surface area contributed by atoms with E-state index < -0.39 is 0 Å². The predicted molar refractivity (Wildman–Crippen MR) is 103 cm³/mol. The van der Waals surface area contributed by atoms with Gasteiger partial charge in [-0.2, -0.15) is 5.26 Å². The minimum absolute atomic E-state index is 0.0165. The number of aromatic nitrogens is 2. The van der Waals surface area contributed by atoms with Crippen LogP contribution in [0.3, 0.4) is 0 Å². The molecule has 2 aromatic carbocycles. The van der Waals surface area contributed by atoms with Gasteiger partial charge in [0.15, 0.2) is 0 Å². The Morgan fingerprint density at radius 2 is 1.88 bits per heavy atom. The molecule has 1 amide bonds. The highest BCUT2D eigenvalue weighted by molar-refractivity contribution is 9.10. The van der Waals surface area contributed by atoms with Gasteiger partial charge in [-0.25, -0.2) is 0 Å². The summed E-state index contributed by atoms with van der Waals surface area (Å²) in [6.45, 7) is -0.0165. The monoisotopic (exact) mass is 428 g/mol. The van der Waals surface area contributed by atoms with Crippen LogP contribution >= 0.6 is 27.7 Å². The molecule has 0 atom stereocenters. The third-order valence-corrected chi connectivity index (χ3v) is 4.75. The lowest BCUT2D eigenvalue weighted by atomic mass is 10.2. The van der Waals surface area contributed by atoms with Crippen molar-refractivity contribution >= 4 is 39.3 Å². The Labute approximate surface area is 163 Å². The van der Waals surface area contributed by atoms with Crippen LogP contribution in [0.4, 0.5) is 5.69 Å². The minimum Gasteiger partial charge on any atom is -0.411 e. The van der Waals surface area contributed by atoms with Crippen LogP contribution in [-0.2, 0) is 4.79 Å².